The highest BCUT2D eigenvalue weighted by Crippen LogP contribution is 2.31. The molecule has 1 aromatic heterocycles. The number of carbonyl (C=O) groups is 1. The molecule has 128 valence electrons. The third-order valence-electron chi connectivity index (χ3n) is 3.88. The van der Waals surface area contributed by atoms with Gasteiger partial charge < -0.3 is 5.32 Å². The van der Waals surface area contributed by atoms with E-state index in [0.29, 0.717) is 5.13 Å². The highest BCUT2D eigenvalue weighted by molar-refractivity contribution is 7.15. The Kier molecular flexibility index (Phi) is 5.40. The number of benzene rings is 2. The fourth-order valence-electron chi connectivity index (χ4n) is 2.56. The van der Waals surface area contributed by atoms with Crippen molar-refractivity contribution in [2.45, 2.75) is 26.2 Å². The van der Waals surface area contributed by atoms with Crippen LogP contribution in [0, 0.1) is 6.92 Å². The number of aryl methyl sites for hydroxylation is 1. The molecular weight excluding hydrogens is 332 g/mol. The van der Waals surface area contributed by atoms with E-state index in [1.54, 1.807) is 0 Å². The zero-order chi connectivity index (χ0) is 17.6. The molecule has 6 heteroatoms. The molecule has 0 aliphatic carbocycles. The van der Waals surface area contributed by atoms with Gasteiger partial charge in [0, 0.05) is 11.6 Å². The molecule has 1 atom stereocenters. The minimum Gasteiger partial charge on any atom is -0.308 e. The predicted octanol–water partition coefficient (Wildman–Crippen LogP) is 5.03. The quantitative estimate of drug-likeness (QED) is 0.676. The maximum absolute atomic E-state index is 12.1. The lowest BCUT2D eigenvalue weighted by atomic mass is 9.97. The first kappa shape index (κ1) is 17.1. The first-order valence-electron chi connectivity index (χ1n) is 8.18. The molecule has 0 spiro atoms. The third-order valence-corrected chi connectivity index (χ3v) is 4.83. The van der Waals surface area contributed by atoms with Gasteiger partial charge in [0.1, 0.15) is 5.01 Å². The van der Waals surface area contributed by atoms with E-state index in [0.717, 1.165) is 22.7 Å². The van der Waals surface area contributed by atoms with Crippen LogP contribution in [-0.2, 0) is 0 Å². The minimum atomic E-state index is -0.320. The molecule has 0 aliphatic heterocycles. The minimum absolute atomic E-state index is 0.189. The molecule has 3 rings (SSSR count). The van der Waals surface area contributed by atoms with Crippen molar-refractivity contribution >= 4 is 28.2 Å². The number of aromatic nitrogens is 2. The second-order valence-electron chi connectivity index (χ2n) is 5.76. The summed E-state index contributed by atoms with van der Waals surface area (Å²) in [5.74, 6) is 0.189. The maximum Gasteiger partial charge on any atom is 0.325 e. The lowest BCUT2D eigenvalue weighted by molar-refractivity contribution is 0.262. The van der Waals surface area contributed by atoms with E-state index in [9.17, 15) is 4.79 Å². The number of nitrogens with zero attached hydrogens (tertiary/aromatic N) is 2. The Hall–Kier alpha value is -2.73. The van der Waals surface area contributed by atoms with Crippen molar-refractivity contribution in [3.63, 3.8) is 0 Å². The van der Waals surface area contributed by atoms with Gasteiger partial charge in [-0.25, -0.2) is 4.79 Å². The normalized spacial score (nSPS) is 11.8. The van der Waals surface area contributed by atoms with Gasteiger partial charge in [-0.15, -0.1) is 10.2 Å². The zero-order valence-corrected chi connectivity index (χ0v) is 15.0. The predicted molar refractivity (Wildman–Crippen MR) is 102 cm³/mol. The number of carbonyl (C=O) groups excluding carboxylic acids is 1. The molecule has 0 unspecified atom stereocenters. The van der Waals surface area contributed by atoms with Crippen molar-refractivity contribution in [3.8, 4) is 0 Å². The van der Waals surface area contributed by atoms with Crippen molar-refractivity contribution in [2.75, 3.05) is 10.6 Å². The number of rotatable bonds is 5. The van der Waals surface area contributed by atoms with Crippen molar-refractivity contribution in [1.82, 2.24) is 10.2 Å². The van der Waals surface area contributed by atoms with Crippen LogP contribution in [0.2, 0.25) is 0 Å². The summed E-state index contributed by atoms with van der Waals surface area (Å²) in [5.41, 5.74) is 3.09. The average molecular weight is 352 g/mol. The number of hydrogen-bond donors (Lipinski definition) is 2. The molecule has 25 heavy (non-hydrogen) atoms. The Morgan fingerprint density at radius 1 is 1.04 bits per heavy atom. The van der Waals surface area contributed by atoms with Gasteiger partial charge in [-0.3, -0.25) is 5.32 Å². The Bertz CT molecular complexity index is 830. The number of nitrogens with one attached hydrogen (secondary N) is 2. The number of anilines is 2. The topological polar surface area (TPSA) is 66.9 Å². The van der Waals surface area contributed by atoms with Crippen LogP contribution < -0.4 is 10.6 Å². The molecule has 0 radical (unpaired) electrons. The van der Waals surface area contributed by atoms with Crippen LogP contribution in [-0.4, -0.2) is 16.2 Å². The summed E-state index contributed by atoms with van der Waals surface area (Å²) >= 11 is 1.41. The van der Waals surface area contributed by atoms with Gasteiger partial charge in [0.15, 0.2) is 0 Å². The van der Waals surface area contributed by atoms with E-state index >= 15 is 0 Å². The maximum atomic E-state index is 12.1. The van der Waals surface area contributed by atoms with E-state index < -0.39 is 0 Å². The average Bonchev–Trinajstić information content (AvgIpc) is 3.06. The molecule has 1 heterocycles. The molecule has 0 saturated heterocycles. The highest BCUT2D eigenvalue weighted by atomic mass is 32.1. The van der Waals surface area contributed by atoms with Crippen LogP contribution >= 0.6 is 11.3 Å². The Balaban J connectivity index is 1.66. The second-order valence-corrected chi connectivity index (χ2v) is 6.77. The molecule has 0 saturated carbocycles. The van der Waals surface area contributed by atoms with E-state index in [1.807, 2.05) is 49.4 Å². The lowest BCUT2D eigenvalue weighted by Crippen LogP contribution is -2.19. The Labute approximate surface area is 151 Å². The first-order chi connectivity index (χ1) is 12.2. The summed E-state index contributed by atoms with van der Waals surface area (Å²) in [6.45, 7) is 4.12. The van der Waals surface area contributed by atoms with Gasteiger partial charge in [0.2, 0.25) is 5.13 Å². The van der Waals surface area contributed by atoms with Gasteiger partial charge in [-0.05, 0) is 31.0 Å². The van der Waals surface area contributed by atoms with Crippen LogP contribution in [0.4, 0.5) is 15.6 Å². The Morgan fingerprint density at radius 2 is 1.76 bits per heavy atom. The summed E-state index contributed by atoms with van der Waals surface area (Å²) < 4.78 is 0. The second kappa shape index (κ2) is 7.90. The molecule has 0 aliphatic rings. The van der Waals surface area contributed by atoms with Crippen molar-refractivity contribution in [3.05, 3.63) is 70.7 Å². The SMILES string of the molecule is CC[C@@H](c1ccccc1)c1nnc(NC(=O)Nc2ccc(C)cc2)s1. The summed E-state index contributed by atoms with van der Waals surface area (Å²) in [6.07, 6.45) is 0.925. The van der Waals surface area contributed by atoms with Gasteiger partial charge in [-0.1, -0.05) is 66.3 Å². The van der Waals surface area contributed by atoms with E-state index in [2.05, 4.69) is 39.9 Å². The fraction of sp³-hybridized carbons (Fsp3) is 0.211. The first-order valence-corrected chi connectivity index (χ1v) is 9.00. The highest BCUT2D eigenvalue weighted by Gasteiger charge is 2.18. The van der Waals surface area contributed by atoms with Crippen molar-refractivity contribution < 1.29 is 4.79 Å². The number of amides is 2. The third kappa shape index (κ3) is 4.42. The largest absolute Gasteiger partial charge is 0.325 e. The van der Waals surface area contributed by atoms with Crippen molar-refractivity contribution in [1.29, 1.82) is 0 Å². The zero-order valence-electron chi connectivity index (χ0n) is 14.2. The van der Waals surface area contributed by atoms with Crippen LogP contribution in [0.1, 0.15) is 35.4 Å². The fourth-order valence-corrected chi connectivity index (χ4v) is 3.51. The van der Waals surface area contributed by atoms with Gasteiger partial charge in [-0.2, -0.15) is 0 Å². The van der Waals surface area contributed by atoms with E-state index in [4.69, 9.17) is 0 Å². The molecular formula is C19H20N4OS. The molecule has 0 bridgehead atoms. The van der Waals surface area contributed by atoms with Crippen molar-refractivity contribution in [2.24, 2.45) is 0 Å². The monoisotopic (exact) mass is 352 g/mol. The standard InChI is InChI=1S/C19H20N4OS/c1-3-16(14-7-5-4-6-8-14)17-22-23-19(25-17)21-18(24)20-15-11-9-13(2)10-12-15/h4-12,16H,3H2,1-2H3,(H2,20,21,23,24)/t16-/m0/s1. The molecule has 2 aromatic carbocycles. The molecule has 2 N–H and O–H groups in total. The van der Waals surface area contributed by atoms with E-state index in [1.165, 1.54) is 16.9 Å². The van der Waals surface area contributed by atoms with Gasteiger partial charge in [0.05, 0.1) is 0 Å². The lowest BCUT2D eigenvalue weighted by Gasteiger charge is -2.11. The van der Waals surface area contributed by atoms with Gasteiger partial charge in [0.25, 0.3) is 0 Å². The van der Waals surface area contributed by atoms with Crippen LogP contribution in [0.15, 0.2) is 54.6 Å². The molecule has 3 aromatic rings. The summed E-state index contributed by atoms with van der Waals surface area (Å²) in [6, 6.07) is 17.5. The summed E-state index contributed by atoms with van der Waals surface area (Å²) in [5, 5.41) is 15.3. The summed E-state index contributed by atoms with van der Waals surface area (Å²) in [4.78, 5) is 12.1. The van der Waals surface area contributed by atoms with Gasteiger partial charge >= 0.3 is 6.03 Å². The summed E-state index contributed by atoms with van der Waals surface area (Å²) in [7, 11) is 0. The molecule has 5 nitrogen and oxygen atoms in total. The van der Waals surface area contributed by atoms with E-state index in [-0.39, 0.29) is 11.9 Å². The van der Waals surface area contributed by atoms with Crippen LogP contribution in [0.25, 0.3) is 0 Å². The number of urea groups is 1. The molecule has 0 fully saturated rings. The van der Waals surface area contributed by atoms with Crippen LogP contribution in [0.3, 0.4) is 0 Å². The molecule has 2 amide bonds. The smallest absolute Gasteiger partial charge is 0.308 e. The number of hydrogen-bond acceptors (Lipinski definition) is 4. The van der Waals surface area contributed by atoms with Crippen LogP contribution in [0.5, 0.6) is 0 Å². The Morgan fingerprint density at radius 3 is 2.44 bits per heavy atom.